The monoisotopic (exact) mass is 271 g/mol. The molecule has 0 spiro atoms. The van der Waals surface area contributed by atoms with Crippen molar-refractivity contribution < 1.29 is 0 Å². The molecule has 116 valence electrons. The van der Waals surface area contributed by atoms with E-state index in [-0.39, 0.29) is 0 Å². The highest BCUT2D eigenvalue weighted by Crippen LogP contribution is 2.08. The lowest BCUT2D eigenvalue weighted by atomic mass is 10.1. The molecule has 0 aliphatic heterocycles. The van der Waals surface area contributed by atoms with Gasteiger partial charge in [-0.05, 0) is 45.9 Å². The lowest BCUT2D eigenvalue weighted by molar-refractivity contribution is 0.165. The van der Waals surface area contributed by atoms with E-state index >= 15 is 0 Å². The van der Waals surface area contributed by atoms with Crippen LogP contribution in [0.4, 0.5) is 0 Å². The van der Waals surface area contributed by atoms with Crippen molar-refractivity contribution in [3.05, 3.63) is 0 Å². The zero-order chi connectivity index (χ0) is 14.7. The van der Waals surface area contributed by atoms with Crippen molar-refractivity contribution in [3.63, 3.8) is 0 Å². The fourth-order valence-corrected chi connectivity index (χ4v) is 2.38. The molecule has 0 heterocycles. The first-order valence-electron chi connectivity index (χ1n) is 8.10. The molecule has 0 aromatic carbocycles. The second-order valence-electron chi connectivity index (χ2n) is 6.33. The van der Waals surface area contributed by atoms with Crippen LogP contribution >= 0.6 is 0 Å². The zero-order valence-electron chi connectivity index (χ0n) is 14.2. The summed E-state index contributed by atoms with van der Waals surface area (Å²) in [7, 11) is 4.33. The van der Waals surface area contributed by atoms with Crippen LogP contribution in [0, 0.1) is 5.92 Å². The fraction of sp³-hybridized carbons (Fsp3) is 1.00. The highest BCUT2D eigenvalue weighted by molar-refractivity contribution is 4.75. The van der Waals surface area contributed by atoms with E-state index in [9.17, 15) is 0 Å². The van der Waals surface area contributed by atoms with Crippen molar-refractivity contribution in [2.24, 2.45) is 5.92 Å². The summed E-state index contributed by atoms with van der Waals surface area (Å²) in [5.41, 5.74) is 0. The van der Waals surface area contributed by atoms with Gasteiger partial charge in [0.1, 0.15) is 0 Å². The van der Waals surface area contributed by atoms with Gasteiger partial charge in [-0.1, -0.05) is 34.1 Å². The van der Waals surface area contributed by atoms with Crippen LogP contribution in [0.3, 0.4) is 0 Å². The minimum Gasteiger partial charge on any atom is -0.315 e. The average molecular weight is 271 g/mol. The summed E-state index contributed by atoms with van der Waals surface area (Å²) in [5.74, 6) is 0.740. The van der Waals surface area contributed by atoms with Gasteiger partial charge in [-0.25, -0.2) is 0 Å². The minimum atomic E-state index is 0.698. The van der Waals surface area contributed by atoms with E-state index in [0.29, 0.717) is 6.04 Å². The summed E-state index contributed by atoms with van der Waals surface area (Å²) in [6, 6.07) is 0.698. The largest absolute Gasteiger partial charge is 0.315 e. The molecule has 0 fully saturated rings. The van der Waals surface area contributed by atoms with E-state index in [1.54, 1.807) is 0 Å². The van der Waals surface area contributed by atoms with Crippen molar-refractivity contribution >= 4 is 0 Å². The first kappa shape index (κ1) is 18.9. The molecule has 3 heteroatoms. The van der Waals surface area contributed by atoms with Crippen LogP contribution in [0.1, 0.15) is 47.0 Å². The third-order valence-electron chi connectivity index (χ3n) is 3.42. The van der Waals surface area contributed by atoms with Crippen molar-refractivity contribution in [1.29, 1.82) is 0 Å². The second kappa shape index (κ2) is 11.7. The van der Waals surface area contributed by atoms with Gasteiger partial charge in [-0.2, -0.15) is 0 Å². The molecule has 0 rings (SSSR count). The van der Waals surface area contributed by atoms with Gasteiger partial charge in [0.25, 0.3) is 0 Å². The molecule has 0 saturated heterocycles. The lowest BCUT2D eigenvalue weighted by Gasteiger charge is -2.33. The van der Waals surface area contributed by atoms with Crippen LogP contribution in [0.15, 0.2) is 0 Å². The Labute approximate surface area is 121 Å². The molecule has 0 saturated carbocycles. The Kier molecular flexibility index (Phi) is 11.6. The molecule has 0 aromatic rings. The average Bonchev–Trinajstić information content (AvgIpc) is 2.33. The molecule has 3 nitrogen and oxygen atoms in total. The van der Waals surface area contributed by atoms with Gasteiger partial charge in [-0.15, -0.1) is 0 Å². The van der Waals surface area contributed by atoms with Gasteiger partial charge < -0.3 is 10.2 Å². The molecule has 1 unspecified atom stereocenters. The van der Waals surface area contributed by atoms with Crippen molar-refractivity contribution in [1.82, 2.24) is 15.1 Å². The molecule has 0 aliphatic rings. The van der Waals surface area contributed by atoms with Crippen molar-refractivity contribution in [3.8, 4) is 0 Å². The van der Waals surface area contributed by atoms with Crippen LogP contribution in [0.25, 0.3) is 0 Å². The molecule has 0 aromatic heterocycles. The van der Waals surface area contributed by atoms with E-state index in [1.807, 2.05) is 0 Å². The van der Waals surface area contributed by atoms with E-state index in [1.165, 1.54) is 32.4 Å². The molecular weight excluding hydrogens is 234 g/mol. The quantitative estimate of drug-likeness (QED) is 0.589. The van der Waals surface area contributed by atoms with E-state index in [0.717, 1.165) is 25.6 Å². The molecule has 0 bridgehead atoms. The van der Waals surface area contributed by atoms with Crippen LogP contribution in [0.2, 0.25) is 0 Å². The summed E-state index contributed by atoms with van der Waals surface area (Å²) < 4.78 is 0. The third-order valence-corrected chi connectivity index (χ3v) is 3.42. The molecule has 19 heavy (non-hydrogen) atoms. The topological polar surface area (TPSA) is 18.5 Å². The van der Waals surface area contributed by atoms with Gasteiger partial charge >= 0.3 is 0 Å². The van der Waals surface area contributed by atoms with Crippen molar-refractivity contribution in [2.45, 2.75) is 53.0 Å². The molecule has 1 atom stereocenters. The predicted octanol–water partition coefficient (Wildman–Crippen LogP) is 2.67. The van der Waals surface area contributed by atoms with Crippen LogP contribution < -0.4 is 5.32 Å². The number of nitrogens with zero attached hydrogens (tertiary/aromatic N) is 2. The summed E-state index contributed by atoms with van der Waals surface area (Å²) >= 11 is 0. The maximum atomic E-state index is 3.64. The Morgan fingerprint density at radius 2 is 1.58 bits per heavy atom. The number of hydrogen-bond acceptors (Lipinski definition) is 3. The van der Waals surface area contributed by atoms with Gasteiger partial charge in [-0.3, -0.25) is 4.90 Å². The van der Waals surface area contributed by atoms with Crippen LogP contribution in [-0.2, 0) is 0 Å². The highest BCUT2D eigenvalue weighted by Gasteiger charge is 2.16. The smallest absolute Gasteiger partial charge is 0.0221 e. The normalized spacial score (nSPS) is 13.7. The maximum Gasteiger partial charge on any atom is 0.0221 e. The second-order valence-corrected chi connectivity index (χ2v) is 6.33. The summed E-state index contributed by atoms with van der Waals surface area (Å²) in [6.07, 6.45) is 3.83. The van der Waals surface area contributed by atoms with Crippen LogP contribution in [0.5, 0.6) is 0 Å². The Morgan fingerprint density at radius 1 is 0.895 bits per heavy atom. The van der Waals surface area contributed by atoms with E-state index in [4.69, 9.17) is 0 Å². The highest BCUT2D eigenvalue weighted by atomic mass is 15.2. The molecule has 1 N–H and O–H groups in total. The Morgan fingerprint density at radius 3 is 2.05 bits per heavy atom. The molecule has 0 aliphatic carbocycles. The van der Waals surface area contributed by atoms with Gasteiger partial charge in [0.15, 0.2) is 0 Å². The lowest BCUT2D eigenvalue weighted by Crippen LogP contribution is -2.45. The number of hydrogen-bond donors (Lipinski definition) is 1. The Hall–Kier alpha value is -0.120. The number of likely N-dealkylation sites (N-methyl/N-ethyl adjacent to an activating group) is 1. The summed E-state index contributed by atoms with van der Waals surface area (Å²) in [5, 5.41) is 3.64. The summed E-state index contributed by atoms with van der Waals surface area (Å²) in [6.45, 7) is 15.0. The van der Waals surface area contributed by atoms with Crippen LogP contribution in [-0.4, -0.2) is 62.7 Å². The number of rotatable bonds is 12. The minimum absolute atomic E-state index is 0.698. The predicted molar refractivity (Wildman–Crippen MR) is 86.8 cm³/mol. The first-order valence-corrected chi connectivity index (χ1v) is 8.10. The molecular formula is C16H37N3. The molecule has 0 radical (unpaired) electrons. The fourth-order valence-electron chi connectivity index (χ4n) is 2.38. The number of nitrogens with one attached hydrogen (secondary N) is 1. The first-order chi connectivity index (χ1) is 9.01. The van der Waals surface area contributed by atoms with Gasteiger partial charge in [0.2, 0.25) is 0 Å². The standard InChI is InChI=1S/C16H37N3/c1-7-9-16(14-17-13-15(3)4)19(10-8-2)12-11-18(5)6/h15-17H,7-14H2,1-6H3. The van der Waals surface area contributed by atoms with Crippen molar-refractivity contribution in [2.75, 3.05) is 46.8 Å². The van der Waals surface area contributed by atoms with E-state index in [2.05, 4.69) is 56.9 Å². The van der Waals surface area contributed by atoms with Gasteiger partial charge in [0, 0.05) is 25.7 Å². The third kappa shape index (κ3) is 10.3. The Bertz CT molecular complexity index is 192. The Balaban J connectivity index is 4.29. The SMILES string of the molecule is CCCC(CNCC(C)C)N(CCC)CCN(C)C. The maximum absolute atomic E-state index is 3.64. The zero-order valence-corrected chi connectivity index (χ0v) is 14.2. The van der Waals surface area contributed by atoms with E-state index < -0.39 is 0 Å². The molecule has 0 amide bonds. The van der Waals surface area contributed by atoms with Gasteiger partial charge in [0.05, 0.1) is 0 Å². The summed E-state index contributed by atoms with van der Waals surface area (Å²) in [4.78, 5) is 4.96.